The van der Waals surface area contributed by atoms with Crippen molar-refractivity contribution in [1.29, 1.82) is 0 Å². The molecule has 2 aromatic rings. The summed E-state index contributed by atoms with van der Waals surface area (Å²) in [7, 11) is 1.65. The molecular weight excluding hydrogens is 268 g/mol. The van der Waals surface area contributed by atoms with Crippen LogP contribution in [0.15, 0.2) is 41.0 Å². The van der Waals surface area contributed by atoms with Gasteiger partial charge in [-0.05, 0) is 39.7 Å². The molecule has 2 rings (SSSR count). The molecule has 0 aliphatic carbocycles. The molecule has 0 aliphatic heterocycles. The number of methoxy groups -OCH3 is 1. The lowest BCUT2D eigenvalue weighted by Gasteiger charge is -2.07. The zero-order chi connectivity index (χ0) is 11.5. The van der Waals surface area contributed by atoms with Gasteiger partial charge < -0.3 is 10.5 Å². The maximum atomic E-state index is 5.67. The van der Waals surface area contributed by atoms with Crippen molar-refractivity contribution in [1.82, 2.24) is 4.98 Å². The molecule has 0 bridgehead atoms. The fourth-order valence-electron chi connectivity index (χ4n) is 1.47. The highest BCUT2D eigenvalue weighted by molar-refractivity contribution is 9.10. The van der Waals surface area contributed by atoms with Crippen LogP contribution in [-0.4, -0.2) is 12.1 Å². The molecule has 82 valence electrons. The number of rotatable bonds is 2. The van der Waals surface area contributed by atoms with E-state index in [-0.39, 0.29) is 0 Å². The fourth-order valence-corrected chi connectivity index (χ4v) is 1.91. The van der Waals surface area contributed by atoms with E-state index in [1.165, 1.54) is 0 Å². The third kappa shape index (κ3) is 2.17. The van der Waals surface area contributed by atoms with Crippen molar-refractivity contribution in [2.24, 2.45) is 0 Å². The maximum absolute atomic E-state index is 5.67. The van der Waals surface area contributed by atoms with Gasteiger partial charge >= 0.3 is 0 Å². The average molecular weight is 279 g/mol. The number of nitrogen functional groups attached to an aromatic ring is 1. The number of pyridine rings is 1. The molecule has 4 heteroatoms. The Morgan fingerprint density at radius 2 is 2.12 bits per heavy atom. The number of anilines is 1. The molecule has 0 atom stereocenters. The van der Waals surface area contributed by atoms with Gasteiger partial charge in [0.25, 0.3) is 0 Å². The van der Waals surface area contributed by atoms with E-state index < -0.39 is 0 Å². The number of nitrogens with zero attached hydrogens (tertiary/aromatic N) is 1. The molecule has 0 spiro atoms. The van der Waals surface area contributed by atoms with Crippen LogP contribution in [0.5, 0.6) is 5.75 Å². The molecule has 16 heavy (non-hydrogen) atoms. The largest absolute Gasteiger partial charge is 0.497 e. The SMILES string of the molecule is COc1cccc(-c2cc(N)ncc2Br)c1. The maximum Gasteiger partial charge on any atom is 0.123 e. The third-order valence-corrected chi connectivity index (χ3v) is 2.89. The van der Waals surface area contributed by atoms with Crippen LogP contribution in [0.25, 0.3) is 11.1 Å². The summed E-state index contributed by atoms with van der Waals surface area (Å²) in [6.07, 6.45) is 1.70. The zero-order valence-electron chi connectivity index (χ0n) is 8.77. The summed E-state index contributed by atoms with van der Waals surface area (Å²) in [5.41, 5.74) is 7.72. The van der Waals surface area contributed by atoms with Crippen molar-refractivity contribution >= 4 is 21.7 Å². The molecule has 0 aliphatic rings. The van der Waals surface area contributed by atoms with E-state index in [1.54, 1.807) is 13.3 Å². The van der Waals surface area contributed by atoms with Crippen LogP contribution in [0, 0.1) is 0 Å². The van der Waals surface area contributed by atoms with Gasteiger partial charge in [-0.2, -0.15) is 0 Å². The number of nitrogens with two attached hydrogens (primary N) is 1. The monoisotopic (exact) mass is 278 g/mol. The first-order valence-corrected chi connectivity index (χ1v) is 5.55. The molecule has 0 amide bonds. The summed E-state index contributed by atoms with van der Waals surface area (Å²) in [6.45, 7) is 0. The summed E-state index contributed by atoms with van der Waals surface area (Å²) >= 11 is 3.45. The summed E-state index contributed by atoms with van der Waals surface area (Å²) < 4.78 is 6.10. The van der Waals surface area contributed by atoms with Gasteiger partial charge in [-0.1, -0.05) is 12.1 Å². The van der Waals surface area contributed by atoms with Crippen LogP contribution in [0.2, 0.25) is 0 Å². The van der Waals surface area contributed by atoms with Gasteiger partial charge in [0.05, 0.1) is 7.11 Å². The van der Waals surface area contributed by atoms with Gasteiger partial charge in [-0.3, -0.25) is 0 Å². The molecule has 1 heterocycles. The molecule has 0 saturated carbocycles. The highest BCUT2D eigenvalue weighted by atomic mass is 79.9. The predicted octanol–water partition coefficient (Wildman–Crippen LogP) is 3.10. The lowest BCUT2D eigenvalue weighted by molar-refractivity contribution is 0.415. The first kappa shape index (κ1) is 11.0. The second kappa shape index (κ2) is 4.53. The average Bonchev–Trinajstić information content (AvgIpc) is 2.32. The van der Waals surface area contributed by atoms with Crippen LogP contribution in [0.3, 0.4) is 0 Å². The molecule has 0 saturated heterocycles. The summed E-state index contributed by atoms with van der Waals surface area (Å²) in [5.74, 6) is 1.32. The van der Waals surface area contributed by atoms with E-state index in [0.29, 0.717) is 5.82 Å². The van der Waals surface area contributed by atoms with Gasteiger partial charge in [0.2, 0.25) is 0 Å². The molecule has 1 aromatic carbocycles. The summed E-state index contributed by atoms with van der Waals surface area (Å²) in [4.78, 5) is 4.01. The van der Waals surface area contributed by atoms with Gasteiger partial charge in [0, 0.05) is 16.2 Å². The fraction of sp³-hybridized carbons (Fsp3) is 0.0833. The van der Waals surface area contributed by atoms with E-state index in [4.69, 9.17) is 10.5 Å². The van der Waals surface area contributed by atoms with Crippen LogP contribution in [0.1, 0.15) is 0 Å². The number of hydrogen-bond donors (Lipinski definition) is 1. The number of halogens is 1. The zero-order valence-corrected chi connectivity index (χ0v) is 10.4. The Morgan fingerprint density at radius 3 is 2.88 bits per heavy atom. The first-order chi connectivity index (χ1) is 7.70. The quantitative estimate of drug-likeness (QED) is 0.918. The number of ether oxygens (including phenoxy) is 1. The molecule has 3 nitrogen and oxygen atoms in total. The van der Waals surface area contributed by atoms with Crippen LogP contribution >= 0.6 is 15.9 Å². The van der Waals surface area contributed by atoms with Crippen LogP contribution in [-0.2, 0) is 0 Å². The predicted molar refractivity (Wildman–Crippen MR) is 68.3 cm³/mol. The minimum atomic E-state index is 0.501. The molecule has 1 aromatic heterocycles. The lowest BCUT2D eigenvalue weighted by atomic mass is 10.1. The first-order valence-electron chi connectivity index (χ1n) is 4.76. The Balaban J connectivity index is 2.53. The van der Waals surface area contributed by atoms with Gasteiger partial charge in [0.1, 0.15) is 11.6 Å². The van der Waals surface area contributed by atoms with Crippen molar-refractivity contribution in [2.45, 2.75) is 0 Å². The van der Waals surface area contributed by atoms with Crippen molar-refractivity contribution < 1.29 is 4.74 Å². The topological polar surface area (TPSA) is 48.1 Å². The molecule has 2 N–H and O–H groups in total. The Kier molecular flexibility index (Phi) is 3.10. The summed E-state index contributed by atoms with van der Waals surface area (Å²) in [6, 6.07) is 9.64. The second-order valence-electron chi connectivity index (χ2n) is 3.32. The normalized spacial score (nSPS) is 10.1. The lowest BCUT2D eigenvalue weighted by Crippen LogP contribution is -1.91. The van der Waals surface area contributed by atoms with E-state index in [2.05, 4.69) is 20.9 Å². The van der Waals surface area contributed by atoms with Crippen molar-refractivity contribution in [2.75, 3.05) is 12.8 Å². The van der Waals surface area contributed by atoms with Crippen molar-refractivity contribution in [3.8, 4) is 16.9 Å². The van der Waals surface area contributed by atoms with Crippen LogP contribution < -0.4 is 10.5 Å². The summed E-state index contributed by atoms with van der Waals surface area (Å²) in [5, 5.41) is 0. The van der Waals surface area contributed by atoms with E-state index in [0.717, 1.165) is 21.3 Å². The minimum absolute atomic E-state index is 0.501. The Labute approximate surface area is 102 Å². The van der Waals surface area contributed by atoms with Crippen molar-refractivity contribution in [3.63, 3.8) is 0 Å². The van der Waals surface area contributed by atoms with E-state index >= 15 is 0 Å². The molecule has 0 radical (unpaired) electrons. The second-order valence-corrected chi connectivity index (χ2v) is 4.18. The Hall–Kier alpha value is -1.55. The Morgan fingerprint density at radius 1 is 1.31 bits per heavy atom. The molecule has 0 fully saturated rings. The van der Waals surface area contributed by atoms with Crippen LogP contribution in [0.4, 0.5) is 5.82 Å². The smallest absolute Gasteiger partial charge is 0.123 e. The molecular formula is C12H11BrN2O. The van der Waals surface area contributed by atoms with Gasteiger partial charge in [-0.25, -0.2) is 4.98 Å². The highest BCUT2D eigenvalue weighted by Crippen LogP contribution is 2.30. The van der Waals surface area contributed by atoms with E-state index in [1.807, 2.05) is 30.3 Å². The minimum Gasteiger partial charge on any atom is -0.497 e. The highest BCUT2D eigenvalue weighted by Gasteiger charge is 2.05. The standard InChI is InChI=1S/C12H11BrN2O/c1-16-9-4-2-3-8(5-9)10-6-12(14)15-7-11(10)13/h2-7H,1H3,(H2,14,15). The number of benzene rings is 1. The van der Waals surface area contributed by atoms with Crippen molar-refractivity contribution in [3.05, 3.63) is 41.0 Å². The number of aromatic nitrogens is 1. The third-order valence-electron chi connectivity index (χ3n) is 2.26. The van der Waals surface area contributed by atoms with Gasteiger partial charge in [-0.15, -0.1) is 0 Å². The molecule has 0 unspecified atom stereocenters. The Bertz CT molecular complexity index is 514. The van der Waals surface area contributed by atoms with Gasteiger partial charge in [0.15, 0.2) is 0 Å². The van der Waals surface area contributed by atoms with E-state index in [9.17, 15) is 0 Å². The number of hydrogen-bond acceptors (Lipinski definition) is 3.